The van der Waals surface area contributed by atoms with Gasteiger partial charge < -0.3 is 10.6 Å². The van der Waals surface area contributed by atoms with Crippen molar-refractivity contribution in [2.45, 2.75) is 25.7 Å². The van der Waals surface area contributed by atoms with Crippen LogP contribution in [0.5, 0.6) is 0 Å². The molecule has 0 fully saturated rings. The summed E-state index contributed by atoms with van der Waals surface area (Å²) < 4.78 is 0. The third-order valence-electron chi connectivity index (χ3n) is 3.50. The van der Waals surface area contributed by atoms with E-state index in [0.29, 0.717) is 16.1 Å². The van der Waals surface area contributed by atoms with Crippen LogP contribution in [0.1, 0.15) is 38.1 Å². The highest BCUT2D eigenvalue weighted by molar-refractivity contribution is 7.99. The summed E-state index contributed by atoms with van der Waals surface area (Å²) >= 11 is 3.05. The lowest BCUT2D eigenvalue weighted by molar-refractivity contribution is 0.0963. The topological polar surface area (TPSA) is 58.2 Å². The largest absolute Gasteiger partial charge is 0.355 e. The van der Waals surface area contributed by atoms with E-state index in [1.165, 1.54) is 11.3 Å². The summed E-state index contributed by atoms with van der Waals surface area (Å²) in [6.07, 6.45) is 0. The minimum absolute atomic E-state index is 0.182. The van der Waals surface area contributed by atoms with Crippen molar-refractivity contribution in [3.63, 3.8) is 0 Å². The lowest BCUT2D eigenvalue weighted by Crippen LogP contribution is -2.21. The van der Waals surface area contributed by atoms with Crippen molar-refractivity contribution in [2.24, 2.45) is 0 Å². The molecule has 0 radical (unpaired) electrons. The lowest BCUT2D eigenvalue weighted by Gasteiger charge is -2.09. The molecule has 0 unspecified atom stereocenters. The second-order valence-electron chi connectivity index (χ2n) is 4.95. The van der Waals surface area contributed by atoms with E-state index in [-0.39, 0.29) is 11.8 Å². The van der Waals surface area contributed by atoms with Gasteiger partial charge in [0.1, 0.15) is 5.00 Å². The minimum Gasteiger partial charge on any atom is -0.355 e. The number of rotatable bonds is 5. The first-order chi connectivity index (χ1) is 11.0. The van der Waals surface area contributed by atoms with E-state index in [2.05, 4.69) is 17.6 Å². The third kappa shape index (κ3) is 3.76. The molecule has 0 aliphatic heterocycles. The number of benzene rings is 1. The van der Waals surface area contributed by atoms with E-state index < -0.39 is 0 Å². The second kappa shape index (κ2) is 7.66. The standard InChI is InChI=1S/C17H20N2O2S2/c1-5-22-13-9-7-6-8-12(13)15(20)19-17-14(16(21)18-4)10(2)11(3)23-17/h6-9H,5H2,1-4H3,(H,18,21)(H,19,20). The summed E-state index contributed by atoms with van der Waals surface area (Å²) in [5, 5.41) is 6.14. The fourth-order valence-corrected chi connectivity index (χ4v) is 4.07. The third-order valence-corrected chi connectivity index (χ3v) is 5.58. The monoisotopic (exact) mass is 348 g/mol. The number of amides is 2. The normalized spacial score (nSPS) is 10.4. The highest BCUT2D eigenvalue weighted by atomic mass is 32.2. The Labute approximate surface area is 144 Å². The molecule has 1 heterocycles. The van der Waals surface area contributed by atoms with Gasteiger partial charge in [-0.2, -0.15) is 0 Å². The van der Waals surface area contributed by atoms with Gasteiger partial charge in [0.15, 0.2) is 0 Å². The number of thioether (sulfide) groups is 1. The Morgan fingerprint density at radius 1 is 1.17 bits per heavy atom. The fourth-order valence-electron chi connectivity index (χ4n) is 2.22. The zero-order valence-electron chi connectivity index (χ0n) is 13.6. The number of thiophene rings is 1. The first-order valence-corrected chi connectivity index (χ1v) is 9.15. The zero-order valence-corrected chi connectivity index (χ0v) is 15.3. The number of anilines is 1. The molecule has 0 atom stereocenters. The summed E-state index contributed by atoms with van der Waals surface area (Å²) in [5.41, 5.74) is 2.08. The highest BCUT2D eigenvalue weighted by Gasteiger charge is 2.21. The summed E-state index contributed by atoms with van der Waals surface area (Å²) in [7, 11) is 1.59. The van der Waals surface area contributed by atoms with Crippen molar-refractivity contribution in [1.82, 2.24) is 5.32 Å². The number of hydrogen-bond acceptors (Lipinski definition) is 4. The van der Waals surface area contributed by atoms with Gasteiger partial charge >= 0.3 is 0 Å². The summed E-state index contributed by atoms with van der Waals surface area (Å²) in [5.74, 6) is 0.525. The molecule has 0 spiro atoms. The molecule has 2 aromatic rings. The Kier molecular flexibility index (Phi) is 5.85. The quantitative estimate of drug-likeness (QED) is 0.800. The molecule has 0 aliphatic rings. The van der Waals surface area contributed by atoms with Crippen LogP contribution in [0.15, 0.2) is 29.2 Å². The average Bonchev–Trinajstić information content (AvgIpc) is 2.81. The maximum Gasteiger partial charge on any atom is 0.257 e. The van der Waals surface area contributed by atoms with Gasteiger partial charge in [-0.25, -0.2) is 0 Å². The number of carbonyl (C=O) groups excluding carboxylic acids is 2. The van der Waals surface area contributed by atoms with Crippen LogP contribution >= 0.6 is 23.1 Å². The number of carbonyl (C=O) groups is 2. The molecule has 122 valence electrons. The molecule has 23 heavy (non-hydrogen) atoms. The molecule has 0 aliphatic carbocycles. The Morgan fingerprint density at radius 3 is 2.52 bits per heavy atom. The van der Waals surface area contributed by atoms with Gasteiger partial charge in [0, 0.05) is 16.8 Å². The van der Waals surface area contributed by atoms with Crippen LogP contribution < -0.4 is 10.6 Å². The van der Waals surface area contributed by atoms with Crippen molar-refractivity contribution in [2.75, 3.05) is 18.1 Å². The van der Waals surface area contributed by atoms with E-state index in [9.17, 15) is 9.59 Å². The van der Waals surface area contributed by atoms with Gasteiger partial charge in [0.05, 0.1) is 11.1 Å². The van der Waals surface area contributed by atoms with Crippen molar-refractivity contribution in [1.29, 1.82) is 0 Å². The van der Waals surface area contributed by atoms with Crippen LogP contribution in [0.3, 0.4) is 0 Å². The lowest BCUT2D eigenvalue weighted by atomic mass is 10.1. The van der Waals surface area contributed by atoms with Gasteiger partial charge in [0.25, 0.3) is 11.8 Å². The van der Waals surface area contributed by atoms with Crippen LogP contribution in [-0.2, 0) is 0 Å². The predicted octanol–water partition coefficient (Wildman–Crippen LogP) is 4.09. The molecule has 1 aromatic carbocycles. The Balaban J connectivity index is 2.35. The summed E-state index contributed by atoms with van der Waals surface area (Å²) in [6.45, 7) is 5.89. The molecule has 0 bridgehead atoms. The van der Waals surface area contributed by atoms with Gasteiger partial charge in [-0.1, -0.05) is 19.1 Å². The van der Waals surface area contributed by atoms with Crippen molar-refractivity contribution < 1.29 is 9.59 Å². The van der Waals surface area contributed by atoms with E-state index in [1.54, 1.807) is 24.9 Å². The predicted molar refractivity (Wildman–Crippen MR) is 98.0 cm³/mol. The molecule has 4 nitrogen and oxygen atoms in total. The van der Waals surface area contributed by atoms with Crippen LogP contribution in [0.25, 0.3) is 0 Å². The van der Waals surface area contributed by atoms with E-state index in [0.717, 1.165) is 21.1 Å². The molecule has 2 rings (SSSR count). The Hall–Kier alpha value is -1.79. The van der Waals surface area contributed by atoms with Crippen molar-refractivity contribution >= 4 is 39.9 Å². The SMILES string of the molecule is CCSc1ccccc1C(=O)Nc1sc(C)c(C)c1C(=O)NC. The first kappa shape index (κ1) is 17.6. The first-order valence-electron chi connectivity index (χ1n) is 7.34. The molecular weight excluding hydrogens is 328 g/mol. The number of nitrogens with one attached hydrogen (secondary N) is 2. The van der Waals surface area contributed by atoms with Gasteiger partial charge in [-0.15, -0.1) is 23.1 Å². The minimum atomic E-state index is -0.187. The molecule has 1 aromatic heterocycles. The van der Waals surface area contributed by atoms with E-state index in [4.69, 9.17) is 0 Å². The number of aryl methyl sites for hydroxylation is 1. The molecular formula is C17H20N2O2S2. The van der Waals surface area contributed by atoms with E-state index >= 15 is 0 Å². The number of hydrogen-bond donors (Lipinski definition) is 2. The molecule has 2 N–H and O–H groups in total. The van der Waals surface area contributed by atoms with Crippen LogP contribution in [0, 0.1) is 13.8 Å². The van der Waals surface area contributed by atoms with E-state index in [1.807, 2.05) is 32.0 Å². The van der Waals surface area contributed by atoms with Crippen LogP contribution in [0.2, 0.25) is 0 Å². The highest BCUT2D eigenvalue weighted by Crippen LogP contribution is 2.33. The van der Waals surface area contributed by atoms with Gasteiger partial charge in [-0.3, -0.25) is 9.59 Å². The summed E-state index contributed by atoms with van der Waals surface area (Å²) in [6, 6.07) is 7.51. The van der Waals surface area contributed by atoms with Gasteiger partial charge in [-0.05, 0) is 37.3 Å². The average molecular weight is 348 g/mol. The Bertz CT molecular complexity index is 738. The molecule has 2 amide bonds. The van der Waals surface area contributed by atoms with Crippen LogP contribution in [0.4, 0.5) is 5.00 Å². The maximum atomic E-state index is 12.6. The Morgan fingerprint density at radius 2 is 1.87 bits per heavy atom. The second-order valence-corrected chi connectivity index (χ2v) is 7.48. The zero-order chi connectivity index (χ0) is 17.0. The fraction of sp³-hybridized carbons (Fsp3) is 0.294. The molecule has 0 saturated heterocycles. The van der Waals surface area contributed by atoms with Gasteiger partial charge in [0.2, 0.25) is 0 Å². The molecule has 6 heteroatoms. The smallest absolute Gasteiger partial charge is 0.257 e. The molecule has 0 saturated carbocycles. The van der Waals surface area contributed by atoms with Crippen molar-refractivity contribution in [3.8, 4) is 0 Å². The maximum absolute atomic E-state index is 12.6. The summed E-state index contributed by atoms with van der Waals surface area (Å²) in [4.78, 5) is 26.7. The van der Waals surface area contributed by atoms with Crippen molar-refractivity contribution in [3.05, 3.63) is 45.8 Å². The van der Waals surface area contributed by atoms with Crippen LogP contribution in [-0.4, -0.2) is 24.6 Å².